The maximum atomic E-state index is 13.3. The van der Waals surface area contributed by atoms with Gasteiger partial charge in [0.15, 0.2) is 15.7 Å². The number of anilines is 4. The number of nitrogens with zero attached hydrogens (tertiary/aromatic N) is 5. The fourth-order valence-electron chi connectivity index (χ4n) is 4.35. The number of sulfone groups is 1. The van der Waals surface area contributed by atoms with Gasteiger partial charge in [-0.05, 0) is 71.5 Å². The molecule has 43 heavy (non-hydrogen) atoms. The van der Waals surface area contributed by atoms with Crippen LogP contribution in [0, 0.1) is 6.92 Å². The van der Waals surface area contributed by atoms with E-state index in [1.165, 1.54) is 29.6 Å². The molecule has 3 aromatic rings. The SMILES string of the molecule is COc1cc(S(=O)(=O)N2CCN(C)CC2)ccc1Nc1nc(Nc2ccc(P(C)(C)=O)cc2S(=O)(=O)C(C)C)nnc1C. The molecule has 0 radical (unpaired) electrons. The lowest BCUT2D eigenvalue weighted by Gasteiger charge is -2.31. The van der Waals surface area contributed by atoms with Crippen molar-refractivity contribution in [3.63, 3.8) is 0 Å². The molecule has 13 nitrogen and oxygen atoms in total. The van der Waals surface area contributed by atoms with Gasteiger partial charge in [0.1, 0.15) is 18.6 Å². The Kier molecular flexibility index (Phi) is 9.52. The lowest BCUT2D eigenvalue weighted by Crippen LogP contribution is -2.47. The molecule has 1 aliphatic heterocycles. The van der Waals surface area contributed by atoms with E-state index in [2.05, 4.69) is 30.7 Å². The molecule has 2 N–H and O–H groups in total. The van der Waals surface area contributed by atoms with Crippen LogP contribution in [0.25, 0.3) is 0 Å². The maximum absolute atomic E-state index is 13.3. The third-order valence-electron chi connectivity index (χ3n) is 7.14. The molecular formula is C27H38N7O6PS2. The van der Waals surface area contributed by atoms with Crippen molar-refractivity contribution in [3.05, 3.63) is 42.1 Å². The van der Waals surface area contributed by atoms with Crippen molar-refractivity contribution in [2.45, 2.75) is 35.8 Å². The van der Waals surface area contributed by atoms with E-state index >= 15 is 0 Å². The van der Waals surface area contributed by atoms with Gasteiger partial charge in [-0.1, -0.05) is 0 Å². The first-order valence-electron chi connectivity index (χ1n) is 13.6. The first kappa shape index (κ1) is 32.8. The summed E-state index contributed by atoms with van der Waals surface area (Å²) in [7, 11) is -6.80. The van der Waals surface area contributed by atoms with Crippen LogP contribution >= 0.6 is 7.14 Å². The van der Waals surface area contributed by atoms with Crippen LogP contribution in [0.1, 0.15) is 19.5 Å². The van der Waals surface area contributed by atoms with Crippen molar-refractivity contribution in [2.75, 3.05) is 64.3 Å². The first-order valence-corrected chi connectivity index (χ1v) is 19.2. The summed E-state index contributed by atoms with van der Waals surface area (Å²) < 4.78 is 72.6. The molecule has 16 heteroatoms. The molecule has 0 spiro atoms. The summed E-state index contributed by atoms with van der Waals surface area (Å²) in [6, 6.07) is 9.16. The molecule has 234 valence electrons. The third-order valence-corrected chi connectivity index (χ3v) is 12.8. The molecule has 1 fully saturated rings. The number of methoxy groups -OCH3 is 1. The minimum atomic E-state index is -3.76. The predicted molar refractivity (Wildman–Crippen MR) is 168 cm³/mol. The number of hydrogen-bond donors (Lipinski definition) is 2. The summed E-state index contributed by atoms with van der Waals surface area (Å²) in [4.78, 5) is 6.68. The van der Waals surface area contributed by atoms with Gasteiger partial charge in [0.05, 0.1) is 33.5 Å². The van der Waals surface area contributed by atoms with Crippen LogP contribution in [0.3, 0.4) is 0 Å². The molecule has 0 aliphatic carbocycles. The van der Waals surface area contributed by atoms with Crippen LogP contribution in [0.15, 0.2) is 46.2 Å². The highest BCUT2D eigenvalue weighted by molar-refractivity contribution is 7.92. The average Bonchev–Trinajstić information content (AvgIpc) is 2.94. The van der Waals surface area contributed by atoms with Gasteiger partial charge in [-0.15, -0.1) is 10.2 Å². The van der Waals surface area contributed by atoms with Crippen LogP contribution in [-0.2, 0) is 24.4 Å². The lowest BCUT2D eigenvalue weighted by atomic mass is 10.3. The van der Waals surface area contributed by atoms with Crippen LogP contribution < -0.4 is 20.7 Å². The number of sulfonamides is 1. The highest BCUT2D eigenvalue weighted by Crippen LogP contribution is 2.38. The minimum Gasteiger partial charge on any atom is -0.495 e. The van der Waals surface area contributed by atoms with E-state index in [9.17, 15) is 21.4 Å². The zero-order valence-corrected chi connectivity index (χ0v) is 27.8. The fourth-order valence-corrected chi connectivity index (χ4v) is 7.97. The second kappa shape index (κ2) is 12.5. The van der Waals surface area contributed by atoms with Crippen LogP contribution in [-0.4, -0.2) is 100 Å². The fraction of sp³-hybridized carbons (Fsp3) is 0.444. The van der Waals surface area contributed by atoms with Gasteiger partial charge in [-0.25, -0.2) is 16.8 Å². The van der Waals surface area contributed by atoms with Gasteiger partial charge in [-0.3, -0.25) is 0 Å². The van der Waals surface area contributed by atoms with Gasteiger partial charge in [0, 0.05) is 37.5 Å². The van der Waals surface area contributed by atoms with E-state index in [0.29, 0.717) is 48.7 Å². The number of ether oxygens (including phenoxy) is 1. The molecule has 0 unspecified atom stereocenters. The van der Waals surface area contributed by atoms with E-state index < -0.39 is 32.3 Å². The molecule has 0 atom stereocenters. The highest BCUT2D eigenvalue weighted by atomic mass is 32.2. The Hall–Kier alpha value is -3.10. The Morgan fingerprint density at radius 2 is 1.58 bits per heavy atom. The van der Waals surface area contributed by atoms with Crippen molar-refractivity contribution in [2.24, 2.45) is 0 Å². The number of aryl methyl sites for hydroxylation is 1. The maximum Gasteiger partial charge on any atom is 0.249 e. The molecular weight excluding hydrogens is 613 g/mol. The minimum absolute atomic E-state index is 0.0126. The van der Waals surface area contributed by atoms with Crippen molar-refractivity contribution in [3.8, 4) is 5.75 Å². The summed E-state index contributed by atoms with van der Waals surface area (Å²) in [6.07, 6.45) is 0. The molecule has 2 aromatic carbocycles. The lowest BCUT2D eigenvalue weighted by molar-refractivity contribution is 0.222. The van der Waals surface area contributed by atoms with Crippen molar-refractivity contribution < 1.29 is 26.1 Å². The topological polar surface area (TPSA) is 164 Å². The molecule has 0 saturated carbocycles. The average molecular weight is 652 g/mol. The van der Waals surface area contributed by atoms with Gasteiger partial charge in [-0.2, -0.15) is 9.29 Å². The number of piperazine rings is 1. The van der Waals surface area contributed by atoms with Crippen LogP contribution in [0.2, 0.25) is 0 Å². The van der Waals surface area contributed by atoms with Gasteiger partial charge in [0.25, 0.3) is 0 Å². The number of benzene rings is 2. The second-order valence-corrected chi connectivity index (χ2v) is 18.6. The summed E-state index contributed by atoms with van der Waals surface area (Å²) in [5, 5.41) is 14.0. The van der Waals surface area contributed by atoms with Crippen molar-refractivity contribution in [1.82, 2.24) is 24.4 Å². The summed E-state index contributed by atoms with van der Waals surface area (Å²) >= 11 is 0. The zero-order chi connectivity index (χ0) is 31.7. The number of rotatable bonds is 10. The predicted octanol–water partition coefficient (Wildman–Crippen LogP) is 3.04. The number of aromatic nitrogens is 3. The molecule has 4 rings (SSSR count). The van der Waals surface area contributed by atoms with E-state index in [0.717, 1.165) is 0 Å². The molecule has 0 bridgehead atoms. The molecule has 1 aliphatic rings. The second-order valence-electron chi connectivity index (χ2n) is 11.0. The summed E-state index contributed by atoms with van der Waals surface area (Å²) in [6.45, 7) is 10.1. The monoisotopic (exact) mass is 651 g/mol. The van der Waals surface area contributed by atoms with Crippen LogP contribution in [0.5, 0.6) is 5.75 Å². The Morgan fingerprint density at radius 1 is 0.930 bits per heavy atom. The zero-order valence-electron chi connectivity index (χ0n) is 25.3. The number of likely N-dealkylation sites (N-methyl/N-ethyl adjacent to an activating group) is 1. The quantitative estimate of drug-likeness (QED) is 0.309. The van der Waals surface area contributed by atoms with Gasteiger partial charge >= 0.3 is 0 Å². The number of hydrogen-bond acceptors (Lipinski definition) is 12. The van der Waals surface area contributed by atoms with Gasteiger partial charge < -0.3 is 24.8 Å². The Bertz CT molecular complexity index is 1770. The Balaban J connectivity index is 1.65. The molecule has 1 saturated heterocycles. The van der Waals surface area contributed by atoms with Crippen LogP contribution in [0.4, 0.5) is 23.1 Å². The highest BCUT2D eigenvalue weighted by Gasteiger charge is 2.29. The smallest absolute Gasteiger partial charge is 0.249 e. The third kappa shape index (κ3) is 7.18. The largest absolute Gasteiger partial charge is 0.495 e. The van der Waals surface area contributed by atoms with E-state index in [1.54, 1.807) is 52.3 Å². The Labute approximate surface area is 253 Å². The number of nitrogens with one attached hydrogen (secondary N) is 2. The summed E-state index contributed by atoms with van der Waals surface area (Å²) in [5.74, 6) is 0.597. The van der Waals surface area contributed by atoms with E-state index in [1.807, 2.05) is 7.05 Å². The van der Waals surface area contributed by atoms with Gasteiger partial charge in [0.2, 0.25) is 16.0 Å². The summed E-state index contributed by atoms with van der Waals surface area (Å²) in [5.41, 5.74) is 1.10. The normalized spacial score (nSPS) is 15.4. The standard InChI is InChI=1S/C27H38N7O6PS2/c1-18(2)42(36,37)25-16-20(41(6,7)35)8-10-23(25)29-27-30-26(19(3)31-32-27)28-22-11-9-21(17-24(22)40-5)43(38,39)34-14-12-33(4)13-15-34/h8-11,16-18H,12-15H2,1-7H3,(H2,28,29,30,32). The van der Waals surface area contributed by atoms with Crippen molar-refractivity contribution >= 4 is 55.4 Å². The van der Waals surface area contributed by atoms with Crippen molar-refractivity contribution in [1.29, 1.82) is 0 Å². The van der Waals surface area contributed by atoms with E-state index in [-0.39, 0.29) is 27.2 Å². The Morgan fingerprint density at radius 3 is 2.19 bits per heavy atom. The molecule has 1 aromatic heterocycles. The van der Waals surface area contributed by atoms with E-state index in [4.69, 9.17) is 4.74 Å². The first-order chi connectivity index (χ1) is 20.0. The molecule has 2 heterocycles. The molecule has 0 amide bonds.